The van der Waals surface area contributed by atoms with Crippen molar-refractivity contribution in [2.45, 2.75) is 6.42 Å². The van der Waals surface area contributed by atoms with Gasteiger partial charge in [0.05, 0.1) is 0 Å². The molecule has 136 valence electrons. The van der Waals surface area contributed by atoms with Gasteiger partial charge in [-0.05, 0) is 0 Å². The average molecular weight is 552 g/mol. The first-order valence-corrected chi connectivity index (χ1v) is 9.55. The number of benzene rings is 3. The second-order valence-electron chi connectivity index (χ2n) is 5.76. The molecule has 0 unspecified atom stereocenters. The van der Waals surface area contributed by atoms with Crippen molar-refractivity contribution >= 4 is 17.9 Å². The van der Waals surface area contributed by atoms with Crippen LogP contribution >= 0.6 is 7.28 Å². The van der Waals surface area contributed by atoms with Crippen LogP contribution in [-0.2, 0) is 26.5 Å². The molecule has 0 saturated carbocycles. The minimum absolute atomic E-state index is 0. The van der Waals surface area contributed by atoms with Crippen LogP contribution in [-0.4, -0.2) is 0 Å². The van der Waals surface area contributed by atoms with Crippen molar-refractivity contribution in [2.24, 2.45) is 0 Å². The van der Waals surface area contributed by atoms with Crippen molar-refractivity contribution in [2.75, 3.05) is 0 Å². The zero-order chi connectivity index (χ0) is 18.1. The van der Waals surface area contributed by atoms with Crippen LogP contribution in [0.4, 0.5) is 8.78 Å². The summed E-state index contributed by atoms with van der Waals surface area (Å²) in [7, 11) is -6.12. The molecule has 26 heavy (non-hydrogen) atoms. The molecule has 0 N–H and O–H groups in total. The standard InChI is InChI=1S/C19H14F2O3P.Ir/c20-16-11-10-14(18(21)13-16)12-15-6-4-5-9-19(15)25(22,23,24)17-7-2-1-3-8-17;/h1-11,13H,12H2;/q-3;+3. The minimum atomic E-state index is -6.12. The Hall–Kier alpha value is -1.52. The summed E-state index contributed by atoms with van der Waals surface area (Å²) in [4.78, 5) is 38.7. The second kappa shape index (κ2) is 7.61. The van der Waals surface area contributed by atoms with Crippen LogP contribution in [0, 0.1) is 11.6 Å². The van der Waals surface area contributed by atoms with Crippen molar-refractivity contribution < 1.29 is 43.6 Å². The van der Waals surface area contributed by atoms with Gasteiger partial charge in [0, 0.05) is 0 Å². The summed E-state index contributed by atoms with van der Waals surface area (Å²) >= 11 is 0. The summed E-state index contributed by atoms with van der Waals surface area (Å²) in [5.41, 5.74) is 0.267. The zero-order valence-corrected chi connectivity index (χ0v) is 16.7. The van der Waals surface area contributed by atoms with Gasteiger partial charge < -0.3 is 0 Å². The third kappa shape index (κ3) is 4.07. The number of halogens is 2. The Morgan fingerprint density at radius 1 is 0.731 bits per heavy atom. The van der Waals surface area contributed by atoms with E-state index in [4.69, 9.17) is 0 Å². The average Bonchev–Trinajstić information content (AvgIpc) is 2.58. The van der Waals surface area contributed by atoms with Gasteiger partial charge in [-0.1, -0.05) is 0 Å². The third-order valence-electron chi connectivity index (χ3n) is 4.00. The quantitative estimate of drug-likeness (QED) is 0.453. The molecule has 0 aliphatic heterocycles. The van der Waals surface area contributed by atoms with E-state index in [0.29, 0.717) is 0 Å². The van der Waals surface area contributed by atoms with E-state index in [9.17, 15) is 23.5 Å². The fraction of sp³-hybridized carbons (Fsp3) is 0.0526. The molecular formula is C19H14F2IrO3P. The van der Waals surface area contributed by atoms with E-state index in [2.05, 4.69) is 0 Å². The molecule has 3 nitrogen and oxygen atoms in total. The summed E-state index contributed by atoms with van der Waals surface area (Å²) in [5, 5.41) is -0.746. The second-order valence-corrected chi connectivity index (χ2v) is 8.52. The van der Waals surface area contributed by atoms with Crippen LogP contribution in [0.3, 0.4) is 0 Å². The molecule has 0 radical (unpaired) electrons. The van der Waals surface area contributed by atoms with Gasteiger partial charge >= 0.3 is 163 Å². The first kappa shape index (κ1) is 20.8. The first-order valence-electron chi connectivity index (χ1n) is 7.56. The predicted molar refractivity (Wildman–Crippen MR) is 88.2 cm³/mol. The van der Waals surface area contributed by atoms with E-state index in [0.717, 1.165) is 12.1 Å². The molecule has 0 fully saturated rings. The Bertz CT molecular complexity index is 911. The van der Waals surface area contributed by atoms with Gasteiger partial charge in [0.15, 0.2) is 0 Å². The van der Waals surface area contributed by atoms with Gasteiger partial charge in [-0.3, -0.25) is 0 Å². The van der Waals surface area contributed by atoms with Crippen LogP contribution in [0.1, 0.15) is 11.1 Å². The number of rotatable bonds is 4. The zero-order valence-electron chi connectivity index (χ0n) is 13.4. The molecule has 3 aromatic carbocycles. The maximum absolute atomic E-state index is 13.9. The number of hydrogen-bond donors (Lipinski definition) is 0. The Kier molecular flexibility index (Phi) is 6.09. The van der Waals surface area contributed by atoms with Gasteiger partial charge in [0.25, 0.3) is 0 Å². The van der Waals surface area contributed by atoms with Gasteiger partial charge in [0.1, 0.15) is 0 Å². The van der Waals surface area contributed by atoms with Crippen molar-refractivity contribution in [1.82, 2.24) is 0 Å². The molecule has 0 bridgehead atoms. The summed E-state index contributed by atoms with van der Waals surface area (Å²) in [6.45, 7) is 0. The van der Waals surface area contributed by atoms with Gasteiger partial charge in [-0.25, -0.2) is 0 Å². The monoisotopic (exact) mass is 552 g/mol. The van der Waals surface area contributed by atoms with Crippen LogP contribution in [0.25, 0.3) is 0 Å². The van der Waals surface area contributed by atoms with E-state index in [1.165, 1.54) is 48.5 Å². The number of hydrogen-bond acceptors (Lipinski definition) is 3. The Morgan fingerprint density at radius 2 is 1.35 bits per heavy atom. The van der Waals surface area contributed by atoms with E-state index in [1.807, 2.05) is 0 Å². The normalized spacial score (nSPS) is 12.7. The molecule has 7 heteroatoms. The molecule has 3 rings (SSSR count). The van der Waals surface area contributed by atoms with Crippen molar-refractivity contribution in [3.63, 3.8) is 0 Å². The van der Waals surface area contributed by atoms with Crippen molar-refractivity contribution in [3.05, 3.63) is 95.6 Å². The van der Waals surface area contributed by atoms with E-state index < -0.39 is 24.2 Å². The van der Waals surface area contributed by atoms with E-state index in [-0.39, 0.29) is 43.0 Å². The van der Waals surface area contributed by atoms with E-state index >= 15 is 0 Å². The molecule has 0 saturated heterocycles. The van der Waals surface area contributed by atoms with E-state index in [1.54, 1.807) is 12.1 Å². The van der Waals surface area contributed by atoms with Gasteiger partial charge in [-0.2, -0.15) is 0 Å². The molecule has 0 aliphatic carbocycles. The maximum atomic E-state index is 13.9. The Labute approximate surface area is 163 Å². The summed E-state index contributed by atoms with van der Waals surface area (Å²) in [6.07, 6.45) is -0.139. The summed E-state index contributed by atoms with van der Waals surface area (Å²) in [6, 6.07) is 15.7. The Morgan fingerprint density at radius 3 is 2.00 bits per heavy atom. The van der Waals surface area contributed by atoms with Crippen LogP contribution in [0.5, 0.6) is 0 Å². The molecule has 0 aromatic heterocycles. The summed E-state index contributed by atoms with van der Waals surface area (Å²) < 4.78 is 27.0. The molecule has 0 heterocycles. The fourth-order valence-corrected chi connectivity index (χ4v) is 4.69. The van der Waals surface area contributed by atoms with Crippen molar-refractivity contribution in [1.29, 1.82) is 0 Å². The van der Waals surface area contributed by atoms with Crippen molar-refractivity contribution in [3.8, 4) is 0 Å². The molecular weight excluding hydrogens is 537 g/mol. The molecule has 0 atom stereocenters. The Balaban J connectivity index is 0.00000243. The van der Waals surface area contributed by atoms with Crippen LogP contribution in [0.15, 0.2) is 72.8 Å². The molecule has 0 spiro atoms. The predicted octanol–water partition coefficient (Wildman–Crippen LogP) is 0.883. The summed E-state index contributed by atoms with van der Waals surface area (Å²) in [5.74, 6) is -1.52. The fourth-order valence-electron chi connectivity index (χ4n) is 2.73. The molecule has 0 aliphatic rings. The third-order valence-corrected chi connectivity index (χ3v) is 6.46. The topological polar surface area (TPSA) is 69.2 Å². The SMILES string of the molecule is [Ir+3].[O-]P([O-])([O-])(c1ccccc1)c1ccccc1Cc1ccc(F)cc1F. The van der Waals surface area contributed by atoms with Gasteiger partial charge in [0.2, 0.25) is 0 Å². The molecule has 0 amide bonds. The first-order chi connectivity index (χ1) is 11.8. The van der Waals surface area contributed by atoms with Gasteiger partial charge in [-0.15, -0.1) is 0 Å². The van der Waals surface area contributed by atoms with Crippen LogP contribution < -0.4 is 25.3 Å². The van der Waals surface area contributed by atoms with Crippen LogP contribution in [0.2, 0.25) is 0 Å². The molecule has 3 aromatic rings.